The van der Waals surface area contributed by atoms with Crippen molar-refractivity contribution >= 4 is 17.8 Å². The Morgan fingerprint density at radius 3 is 2.04 bits per heavy atom. The van der Waals surface area contributed by atoms with E-state index in [9.17, 15) is 27.6 Å². The molecule has 0 aliphatic heterocycles. The Hall–Kier alpha value is -2.58. The number of carbonyl (C=O) groups is 3. The zero-order chi connectivity index (χ0) is 18.6. The van der Waals surface area contributed by atoms with Crippen molar-refractivity contribution in [1.82, 2.24) is 10.9 Å². The van der Waals surface area contributed by atoms with Crippen LogP contribution in [0.15, 0.2) is 24.3 Å². The second-order valence-electron chi connectivity index (χ2n) is 5.85. The molecule has 1 aliphatic carbocycles. The summed E-state index contributed by atoms with van der Waals surface area (Å²) < 4.78 is 37.4. The lowest BCUT2D eigenvalue weighted by molar-refractivity contribution is -0.149. The minimum absolute atomic E-state index is 0.0632. The number of carboxylic acid groups (broad SMARTS) is 1. The fourth-order valence-electron chi connectivity index (χ4n) is 2.83. The van der Waals surface area contributed by atoms with Crippen LogP contribution >= 0.6 is 0 Å². The fourth-order valence-corrected chi connectivity index (χ4v) is 2.83. The third-order valence-corrected chi connectivity index (χ3v) is 4.19. The van der Waals surface area contributed by atoms with Gasteiger partial charge in [0.25, 0.3) is 5.91 Å². The van der Waals surface area contributed by atoms with E-state index >= 15 is 0 Å². The number of alkyl halides is 3. The van der Waals surface area contributed by atoms with Gasteiger partial charge in [-0.3, -0.25) is 25.2 Å². The van der Waals surface area contributed by atoms with Crippen molar-refractivity contribution in [2.24, 2.45) is 11.8 Å². The number of rotatable bonds is 3. The highest BCUT2D eigenvalue weighted by Crippen LogP contribution is 2.30. The van der Waals surface area contributed by atoms with E-state index in [1.165, 1.54) is 0 Å². The van der Waals surface area contributed by atoms with Crippen molar-refractivity contribution in [3.8, 4) is 0 Å². The van der Waals surface area contributed by atoms with Gasteiger partial charge in [-0.25, -0.2) is 0 Å². The van der Waals surface area contributed by atoms with Gasteiger partial charge in [0.15, 0.2) is 0 Å². The maximum absolute atomic E-state index is 12.5. The first-order valence-electron chi connectivity index (χ1n) is 7.70. The molecule has 25 heavy (non-hydrogen) atoms. The van der Waals surface area contributed by atoms with Crippen LogP contribution in [-0.2, 0) is 15.8 Å². The molecule has 1 aromatic carbocycles. The molecule has 0 bridgehead atoms. The summed E-state index contributed by atoms with van der Waals surface area (Å²) in [5, 5.41) is 9.15. The largest absolute Gasteiger partial charge is 0.481 e. The van der Waals surface area contributed by atoms with Crippen LogP contribution in [0.5, 0.6) is 0 Å². The number of hydrazine groups is 1. The molecule has 2 unspecified atom stereocenters. The number of benzene rings is 1. The van der Waals surface area contributed by atoms with E-state index in [-0.39, 0.29) is 5.56 Å². The molecule has 3 N–H and O–H groups in total. The van der Waals surface area contributed by atoms with Gasteiger partial charge in [0.05, 0.1) is 17.4 Å². The zero-order valence-electron chi connectivity index (χ0n) is 13.1. The average Bonchev–Trinajstić information content (AvgIpc) is 2.58. The zero-order valence-corrected chi connectivity index (χ0v) is 13.1. The van der Waals surface area contributed by atoms with Crippen molar-refractivity contribution in [1.29, 1.82) is 0 Å². The van der Waals surface area contributed by atoms with Gasteiger partial charge >= 0.3 is 12.1 Å². The van der Waals surface area contributed by atoms with Gasteiger partial charge in [0, 0.05) is 5.56 Å². The monoisotopic (exact) mass is 358 g/mol. The summed E-state index contributed by atoms with van der Waals surface area (Å²) in [5.74, 6) is -4.03. The highest BCUT2D eigenvalue weighted by Gasteiger charge is 2.36. The number of hydrogen-bond acceptors (Lipinski definition) is 3. The van der Waals surface area contributed by atoms with E-state index in [0.29, 0.717) is 19.3 Å². The molecule has 6 nitrogen and oxygen atoms in total. The van der Waals surface area contributed by atoms with Crippen LogP contribution in [0, 0.1) is 11.8 Å². The lowest BCUT2D eigenvalue weighted by atomic mass is 9.79. The van der Waals surface area contributed by atoms with E-state index in [0.717, 1.165) is 30.7 Å². The van der Waals surface area contributed by atoms with E-state index in [1.54, 1.807) is 0 Å². The Bertz CT molecular complexity index is 658. The molecule has 0 spiro atoms. The van der Waals surface area contributed by atoms with Gasteiger partial charge in [-0.05, 0) is 37.1 Å². The number of carboxylic acids is 1. The standard InChI is InChI=1S/C16H17F3N2O4/c17-16(18,19)10-7-5-9(6-8-10)13(22)20-21-14(23)11-3-1-2-4-12(11)15(24)25/h5-8,11-12H,1-4H2,(H,20,22)(H,21,23)(H,24,25). The lowest BCUT2D eigenvalue weighted by Crippen LogP contribution is -2.47. The minimum Gasteiger partial charge on any atom is -0.481 e. The predicted octanol–water partition coefficient (Wildman–Crippen LogP) is 2.36. The van der Waals surface area contributed by atoms with Crippen molar-refractivity contribution in [2.45, 2.75) is 31.9 Å². The maximum Gasteiger partial charge on any atom is 0.416 e. The number of halogens is 3. The third-order valence-electron chi connectivity index (χ3n) is 4.19. The highest BCUT2D eigenvalue weighted by molar-refractivity contribution is 5.96. The molecular formula is C16H17F3N2O4. The highest BCUT2D eigenvalue weighted by atomic mass is 19.4. The Labute approximate surface area is 141 Å². The first-order valence-corrected chi connectivity index (χ1v) is 7.70. The SMILES string of the molecule is O=C(NNC(=O)C1CCCCC1C(=O)O)c1ccc(C(F)(F)F)cc1. The van der Waals surface area contributed by atoms with Crippen LogP contribution in [0.25, 0.3) is 0 Å². The van der Waals surface area contributed by atoms with Crippen molar-refractivity contribution < 1.29 is 32.7 Å². The van der Waals surface area contributed by atoms with Gasteiger partial charge in [-0.1, -0.05) is 12.8 Å². The molecule has 1 saturated carbocycles. The normalized spacial score (nSPS) is 20.6. The summed E-state index contributed by atoms with van der Waals surface area (Å²) in [4.78, 5) is 35.2. The Kier molecular flexibility index (Phi) is 5.66. The van der Waals surface area contributed by atoms with Crippen molar-refractivity contribution in [3.05, 3.63) is 35.4 Å². The molecule has 1 aliphatic rings. The lowest BCUT2D eigenvalue weighted by Gasteiger charge is -2.27. The van der Waals surface area contributed by atoms with Crippen molar-refractivity contribution in [2.75, 3.05) is 0 Å². The molecular weight excluding hydrogens is 341 g/mol. The van der Waals surface area contributed by atoms with E-state index in [4.69, 9.17) is 5.11 Å². The van der Waals surface area contributed by atoms with Crippen LogP contribution in [0.4, 0.5) is 13.2 Å². The van der Waals surface area contributed by atoms with Gasteiger partial charge in [-0.15, -0.1) is 0 Å². The first kappa shape index (κ1) is 18.8. The summed E-state index contributed by atoms with van der Waals surface area (Å²) in [6.45, 7) is 0. The summed E-state index contributed by atoms with van der Waals surface area (Å²) in [7, 11) is 0. The second kappa shape index (κ2) is 7.54. The summed E-state index contributed by atoms with van der Waals surface area (Å²) in [5.41, 5.74) is 3.30. The van der Waals surface area contributed by atoms with Gasteiger partial charge in [-0.2, -0.15) is 13.2 Å². The summed E-state index contributed by atoms with van der Waals surface area (Å²) >= 11 is 0. The molecule has 0 radical (unpaired) electrons. The molecule has 2 rings (SSSR count). The Morgan fingerprint density at radius 2 is 1.52 bits per heavy atom. The van der Waals surface area contributed by atoms with E-state index < -0.39 is 41.4 Å². The third kappa shape index (κ3) is 4.71. The smallest absolute Gasteiger partial charge is 0.416 e. The molecule has 1 fully saturated rings. The van der Waals surface area contributed by atoms with Gasteiger partial charge in [0.1, 0.15) is 0 Å². The Balaban J connectivity index is 1.94. The number of nitrogens with one attached hydrogen (secondary N) is 2. The van der Waals surface area contributed by atoms with Crippen LogP contribution < -0.4 is 10.9 Å². The summed E-state index contributed by atoms with van der Waals surface area (Å²) in [6.07, 6.45) is -2.28. The Morgan fingerprint density at radius 1 is 0.960 bits per heavy atom. The quantitative estimate of drug-likeness (QED) is 0.723. The first-order chi connectivity index (χ1) is 11.7. The topological polar surface area (TPSA) is 95.5 Å². The number of aliphatic carboxylic acids is 1. The maximum atomic E-state index is 12.5. The van der Waals surface area contributed by atoms with Crippen LogP contribution in [0.3, 0.4) is 0 Å². The second-order valence-corrected chi connectivity index (χ2v) is 5.85. The molecule has 0 saturated heterocycles. The minimum atomic E-state index is -4.50. The molecule has 2 amide bonds. The number of hydrogen-bond donors (Lipinski definition) is 3. The molecule has 0 heterocycles. The number of carbonyl (C=O) groups excluding carboxylic acids is 2. The predicted molar refractivity (Wildman–Crippen MR) is 80.1 cm³/mol. The molecule has 1 aromatic rings. The van der Waals surface area contributed by atoms with E-state index in [1.807, 2.05) is 0 Å². The molecule has 136 valence electrons. The summed E-state index contributed by atoms with van der Waals surface area (Å²) in [6, 6.07) is 3.51. The van der Waals surface area contributed by atoms with Crippen molar-refractivity contribution in [3.63, 3.8) is 0 Å². The average molecular weight is 358 g/mol. The van der Waals surface area contributed by atoms with Gasteiger partial charge < -0.3 is 5.11 Å². The van der Waals surface area contributed by atoms with Crippen LogP contribution in [-0.4, -0.2) is 22.9 Å². The van der Waals surface area contributed by atoms with Crippen LogP contribution in [0.2, 0.25) is 0 Å². The van der Waals surface area contributed by atoms with Crippen LogP contribution in [0.1, 0.15) is 41.6 Å². The van der Waals surface area contributed by atoms with E-state index in [2.05, 4.69) is 10.9 Å². The molecule has 0 aromatic heterocycles. The van der Waals surface area contributed by atoms with Gasteiger partial charge in [0.2, 0.25) is 5.91 Å². The fraction of sp³-hybridized carbons (Fsp3) is 0.438. The molecule has 2 atom stereocenters. The molecule has 9 heteroatoms. The number of amides is 2.